The average Bonchev–Trinajstić information content (AvgIpc) is 2.53. The van der Waals surface area contributed by atoms with E-state index in [2.05, 4.69) is 39.3 Å². The third-order valence-corrected chi connectivity index (χ3v) is 3.42. The highest BCUT2D eigenvalue weighted by atomic mass is 16.2. The van der Waals surface area contributed by atoms with Gasteiger partial charge >= 0.3 is 0 Å². The first-order chi connectivity index (χ1) is 10.6. The van der Waals surface area contributed by atoms with Crippen LogP contribution in [0.25, 0.3) is 0 Å². The molecule has 1 heterocycles. The summed E-state index contributed by atoms with van der Waals surface area (Å²) in [5.41, 5.74) is 1.31. The second kappa shape index (κ2) is 7.49. The van der Waals surface area contributed by atoms with E-state index in [1.165, 1.54) is 23.7 Å². The lowest BCUT2D eigenvalue weighted by molar-refractivity contribution is -0.116. The average molecular weight is 299 g/mol. The van der Waals surface area contributed by atoms with Crippen molar-refractivity contribution in [3.63, 3.8) is 0 Å². The van der Waals surface area contributed by atoms with Crippen molar-refractivity contribution < 1.29 is 4.79 Å². The fourth-order valence-electron chi connectivity index (χ4n) is 1.98. The number of aryl methyl sites for hydroxylation is 1. The minimum atomic E-state index is -0.116. The van der Waals surface area contributed by atoms with E-state index in [1.807, 2.05) is 18.2 Å². The zero-order chi connectivity index (χ0) is 15.9. The summed E-state index contributed by atoms with van der Waals surface area (Å²) in [6, 6.07) is 10.6. The highest BCUT2D eigenvalue weighted by Gasteiger charge is 2.11. The minimum Gasteiger partial charge on any atom is -0.352 e. The number of hydrogen-bond donors (Lipinski definition) is 1. The number of amides is 1. The SMILES string of the molecule is CC(=O)N(C)c1ncnc(NC(C)CCc2ccccc2)n1. The first kappa shape index (κ1) is 15.9. The van der Waals surface area contributed by atoms with Gasteiger partial charge in [-0.3, -0.25) is 9.69 Å². The van der Waals surface area contributed by atoms with Crippen LogP contribution < -0.4 is 10.2 Å². The molecule has 6 nitrogen and oxygen atoms in total. The second-order valence-electron chi connectivity index (χ2n) is 5.26. The summed E-state index contributed by atoms with van der Waals surface area (Å²) in [4.78, 5) is 25.1. The van der Waals surface area contributed by atoms with Crippen LogP contribution in [0, 0.1) is 0 Å². The van der Waals surface area contributed by atoms with Gasteiger partial charge in [0.15, 0.2) is 0 Å². The molecule has 1 N–H and O–H groups in total. The van der Waals surface area contributed by atoms with Crippen LogP contribution in [0.1, 0.15) is 25.8 Å². The second-order valence-corrected chi connectivity index (χ2v) is 5.26. The molecular weight excluding hydrogens is 278 g/mol. The standard InChI is InChI=1S/C16H21N5O/c1-12(9-10-14-7-5-4-6-8-14)19-15-17-11-18-16(20-15)21(3)13(2)22/h4-8,11-12H,9-10H2,1-3H3,(H,17,18,19,20). The van der Waals surface area contributed by atoms with Crippen LogP contribution in [0.3, 0.4) is 0 Å². The van der Waals surface area contributed by atoms with Crippen LogP contribution in [0.15, 0.2) is 36.7 Å². The molecule has 1 atom stereocenters. The van der Waals surface area contributed by atoms with E-state index in [0.717, 1.165) is 12.8 Å². The predicted molar refractivity (Wildman–Crippen MR) is 86.8 cm³/mol. The molecule has 0 aliphatic rings. The van der Waals surface area contributed by atoms with Gasteiger partial charge in [0.2, 0.25) is 17.8 Å². The maximum absolute atomic E-state index is 11.3. The number of carbonyl (C=O) groups excluding carboxylic acids is 1. The first-order valence-electron chi connectivity index (χ1n) is 7.30. The summed E-state index contributed by atoms with van der Waals surface area (Å²) >= 11 is 0. The molecule has 1 aromatic carbocycles. The van der Waals surface area contributed by atoms with E-state index in [1.54, 1.807) is 7.05 Å². The van der Waals surface area contributed by atoms with Crippen molar-refractivity contribution in [2.75, 3.05) is 17.3 Å². The molecule has 1 amide bonds. The normalized spacial score (nSPS) is 11.8. The number of nitrogens with one attached hydrogen (secondary N) is 1. The molecule has 2 rings (SSSR count). The number of aromatic nitrogens is 3. The van der Waals surface area contributed by atoms with Crippen molar-refractivity contribution in [2.24, 2.45) is 0 Å². The summed E-state index contributed by atoms with van der Waals surface area (Å²) < 4.78 is 0. The van der Waals surface area contributed by atoms with Gasteiger partial charge in [-0.2, -0.15) is 4.98 Å². The van der Waals surface area contributed by atoms with Crippen LogP contribution in [0.5, 0.6) is 0 Å². The van der Waals surface area contributed by atoms with Crippen molar-refractivity contribution >= 4 is 17.8 Å². The Morgan fingerprint density at radius 1 is 1.27 bits per heavy atom. The number of nitrogens with zero attached hydrogens (tertiary/aromatic N) is 4. The third-order valence-electron chi connectivity index (χ3n) is 3.42. The highest BCUT2D eigenvalue weighted by Crippen LogP contribution is 2.10. The smallest absolute Gasteiger partial charge is 0.236 e. The summed E-state index contributed by atoms with van der Waals surface area (Å²) in [6.45, 7) is 3.56. The lowest BCUT2D eigenvalue weighted by Gasteiger charge is -2.16. The Morgan fingerprint density at radius 2 is 2.00 bits per heavy atom. The Balaban J connectivity index is 1.92. The number of anilines is 2. The molecule has 0 fully saturated rings. The Hall–Kier alpha value is -2.50. The van der Waals surface area contributed by atoms with Crippen molar-refractivity contribution in [3.8, 4) is 0 Å². The van der Waals surface area contributed by atoms with Crippen molar-refractivity contribution in [1.82, 2.24) is 15.0 Å². The third kappa shape index (κ3) is 4.51. The van der Waals surface area contributed by atoms with Crippen molar-refractivity contribution in [2.45, 2.75) is 32.7 Å². The van der Waals surface area contributed by atoms with Gasteiger partial charge < -0.3 is 5.32 Å². The van der Waals surface area contributed by atoms with Gasteiger partial charge in [-0.15, -0.1) is 0 Å². The predicted octanol–water partition coefficient (Wildman–Crippen LogP) is 2.29. The van der Waals surface area contributed by atoms with Gasteiger partial charge in [0.05, 0.1) is 0 Å². The summed E-state index contributed by atoms with van der Waals surface area (Å²) in [7, 11) is 1.64. The molecule has 0 bridgehead atoms. The Morgan fingerprint density at radius 3 is 2.68 bits per heavy atom. The fraction of sp³-hybridized carbons (Fsp3) is 0.375. The zero-order valence-corrected chi connectivity index (χ0v) is 13.2. The van der Waals surface area contributed by atoms with Crippen LogP contribution >= 0.6 is 0 Å². The monoisotopic (exact) mass is 299 g/mol. The highest BCUT2D eigenvalue weighted by molar-refractivity contribution is 5.88. The molecule has 0 saturated heterocycles. The zero-order valence-electron chi connectivity index (χ0n) is 13.2. The van der Waals surface area contributed by atoms with Gasteiger partial charge in [-0.25, -0.2) is 9.97 Å². The molecule has 1 unspecified atom stereocenters. The molecule has 0 aliphatic carbocycles. The van der Waals surface area contributed by atoms with E-state index in [4.69, 9.17) is 0 Å². The lowest BCUT2D eigenvalue weighted by Crippen LogP contribution is -2.26. The number of carbonyl (C=O) groups is 1. The number of rotatable bonds is 6. The van der Waals surface area contributed by atoms with E-state index in [-0.39, 0.29) is 11.9 Å². The molecular formula is C16H21N5O. The van der Waals surface area contributed by atoms with Gasteiger partial charge in [0.25, 0.3) is 0 Å². The number of hydrogen-bond acceptors (Lipinski definition) is 5. The quantitative estimate of drug-likeness (QED) is 0.886. The Kier molecular flexibility index (Phi) is 5.41. The van der Waals surface area contributed by atoms with E-state index in [9.17, 15) is 4.79 Å². The van der Waals surface area contributed by atoms with E-state index < -0.39 is 0 Å². The van der Waals surface area contributed by atoms with E-state index in [0.29, 0.717) is 11.9 Å². The molecule has 22 heavy (non-hydrogen) atoms. The van der Waals surface area contributed by atoms with E-state index >= 15 is 0 Å². The molecule has 0 radical (unpaired) electrons. The van der Waals surface area contributed by atoms with Crippen LogP contribution in [-0.2, 0) is 11.2 Å². The Labute approximate surface area is 130 Å². The summed E-state index contributed by atoms with van der Waals surface area (Å²) in [6.07, 6.45) is 3.36. The largest absolute Gasteiger partial charge is 0.352 e. The lowest BCUT2D eigenvalue weighted by atomic mass is 10.1. The fourth-order valence-corrected chi connectivity index (χ4v) is 1.98. The topological polar surface area (TPSA) is 71.0 Å². The van der Waals surface area contributed by atoms with Crippen LogP contribution in [0.4, 0.5) is 11.9 Å². The van der Waals surface area contributed by atoms with Crippen LogP contribution in [-0.4, -0.2) is 33.9 Å². The van der Waals surface area contributed by atoms with Gasteiger partial charge in [0, 0.05) is 20.0 Å². The van der Waals surface area contributed by atoms with Crippen LogP contribution in [0.2, 0.25) is 0 Å². The van der Waals surface area contributed by atoms with Crippen molar-refractivity contribution in [1.29, 1.82) is 0 Å². The van der Waals surface area contributed by atoms with Gasteiger partial charge in [-0.1, -0.05) is 30.3 Å². The van der Waals surface area contributed by atoms with Crippen molar-refractivity contribution in [3.05, 3.63) is 42.2 Å². The maximum Gasteiger partial charge on any atom is 0.236 e. The Bertz CT molecular complexity index is 617. The molecule has 0 saturated carbocycles. The maximum atomic E-state index is 11.3. The molecule has 0 aliphatic heterocycles. The molecule has 2 aromatic rings. The van der Waals surface area contributed by atoms with Gasteiger partial charge in [0.1, 0.15) is 6.33 Å². The molecule has 0 spiro atoms. The first-order valence-corrected chi connectivity index (χ1v) is 7.30. The summed E-state index contributed by atoms with van der Waals surface area (Å²) in [5.74, 6) is 0.716. The molecule has 6 heteroatoms. The minimum absolute atomic E-state index is 0.116. The molecule has 116 valence electrons. The van der Waals surface area contributed by atoms with Gasteiger partial charge in [-0.05, 0) is 25.3 Å². The summed E-state index contributed by atoms with van der Waals surface area (Å²) in [5, 5.41) is 3.25. The number of benzene rings is 1. The molecule has 1 aromatic heterocycles.